The molecule has 0 amide bonds. The highest BCUT2D eigenvalue weighted by Gasteiger charge is 2.47. The summed E-state index contributed by atoms with van der Waals surface area (Å²) in [5.41, 5.74) is 1.31. The van der Waals surface area contributed by atoms with Crippen LogP contribution < -0.4 is 4.72 Å². The van der Waals surface area contributed by atoms with Crippen LogP contribution in [-0.4, -0.2) is 18.3 Å². The number of hydrogen-bond acceptors (Lipinski definition) is 4. The van der Waals surface area contributed by atoms with Crippen molar-refractivity contribution in [3.05, 3.63) is 75.8 Å². The molecule has 0 aromatic heterocycles. The summed E-state index contributed by atoms with van der Waals surface area (Å²) in [6, 6.07) is 13.2. The van der Waals surface area contributed by atoms with Crippen molar-refractivity contribution in [1.82, 2.24) is 4.72 Å². The van der Waals surface area contributed by atoms with E-state index >= 15 is 0 Å². The van der Waals surface area contributed by atoms with Gasteiger partial charge in [-0.3, -0.25) is 10.1 Å². The van der Waals surface area contributed by atoms with Crippen LogP contribution >= 0.6 is 11.6 Å². The summed E-state index contributed by atoms with van der Waals surface area (Å²) in [7, 11) is -3.98. The lowest BCUT2D eigenvalue weighted by molar-refractivity contribution is -0.542. The molecule has 0 aliphatic rings. The van der Waals surface area contributed by atoms with Gasteiger partial charge in [-0.1, -0.05) is 48.0 Å². The second-order valence-electron chi connectivity index (χ2n) is 5.56. The molecule has 2 rings (SSSR count). The van der Waals surface area contributed by atoms with Crippen LogP contribution in [0.5, 0.6) is 0 Å². The Kier molecular flexibility index (Phi) is 5.27. The van der Waals surface area contributed by atoms with Gasteiger partial charge in [0.2, 0.25) is 10.0 Å². The van der Waals surface area contributed by atoms with Gasteiger partial charge in [-0.25, -0.2) is 8.42 Å². The average molecular weight is 369 g/mol. The predicted octanol–water partition coefficient (Wildman–Crippen LogP) is 3.25. The lowest BCUT2D eigenvalue weighted by atomic mass is 10.0. The number of hydrogen-bond donors (Lipinski definition) is 1. The van der Waals surface area contributed by atoms with E-state index in [1.54, 1.807) is 42.5 Å². The van der Waals surface area contributed by atoms with E-state index < -0.39 is 26.0 Å². The monoisotopic (exact) mass is 368 g/mol. The summed E-state index contributed by atoms with van der Waals surface area (Å²) in [4.78, 5) is 8.61. The van der Waals surface area contributed by atoms with Gasteiger partial charge in [0, 0.05) is 11.8 Å². The third-order valence-corrected chi connectivity index (χ3v) is 5.42. The summed E-state index contributed by atoms with van der Waals surface area (Å²) in [5, 5.41) is 11.3. The van der Waals surface area contributed by atoms with Gasteiger partial charge in [-0.05, 0) is 36.2 Å². The summed E-state index contributed by atoms with van der Waals surface area (Å²) >= 11 is 6.06. The van der Waals surface area contributed by atoms with Gasteiger partial charge in [0.15, 0.2) is 0 Å². The third-order valence-electron chi connectivity index (χ3n) is 3.62. The maximum Gasteiger partial charge on any atom is 0.312 e. The van der Waals surface area contributed by atoms with Crippen LogP contribution in [0.25, 0.3) is 0 Å². The molecule has 0 heterocycles. The zero-order valence-electron chi connectivity index (χ0n) is 13.1. The van der Waals surface area contributed by atoms with Crippen LogP contribution in [0.3, 0.4) is 0 Å². The van der Waals surface area contributed by atoms with E-state index in [1.165, 1.54) is 19.1 Å². The molecule has 0 fully saturated rings. The average Bonchev–Trinajstić information content (AvgIpc) is 2.53. The van der Waals surface area contributed by atoms with Gasteiger partial charge in [0.05, 0.1) is 4.90 Å². The molecule has 6 nitrogen and oxygen atoms in total. The molecule has 0 bridgehead atoms. The van der Waals surface area contributed by atoms with E-state index in [0.717, 1.165) is 5.56 Å². The second-order valence-corrected chi connectivity index (χ2v) is 8.04. The first-order chi connectivity index (χ1) is 11.1. The Balaban J connectivity index is 2.45. The van der Waals surface area contributed by atoms with Gasteiger partial charge in [-0.2, -0.15) is 4.72 Å². The SMILES string of the molecule is Cc1ccc(S(=O)(=O)N[C@H](c2ccccc2)[C@@](C)(Cl)[N+](=O)[O-])cc1. The van der Waals surface area contributed by atoms with E-state index in [9.17, 15) is 18.5 Å². The first-order valence-corrected chi connectivity index (χ1v) is 8.98. The van der Waals surface area contributed by atoms with E-state index in [1.807, 2.05) is 6.92 Å². The molecule has 0 unspecified atom stereocenters. The normalized spacial score (nSPS) is 15.5. The van der Waals surface area contributed by atoms with Gasteiger partial charge in [0.1, 0.15) is 6.04 Å². The minimum absolute atomic E-state index is 0.0184. The molecule has 2 aromatic carbocycles. The number of halogens is 1. The molecule has 0 radical (unpaired) electrons. The molecule has 2 aromatic rings. The van der Waals surface area contributed by atoms with Crippen molar-refractivity contribution < 1.29 is 13.3 Å². The van der Waals surface area contributed by atoms with Gasteiger partial charge in [0.25, 0.3) is 0 Å². The van der Waals surface area contributed by atoms with E-state index in [-0.39, 0.29) is 4.90 Å². The Morgan fingerprint density at radius 2 is 1.67 bits per heavy atom. The fourth-order valence-corrected chi connectivity index (χ4v) is 3.72. The molecule has 1 N–H and O–H groups in total. The second kappa shape index (κ2) is 6.88. The Morgan fingerprint density at radius 3 is 2.17 bits per heavy atom. The molecule has 0 saturated heterocycles. The maximum absolute atomic E-state index is 12.6. The van der Waals surface area contributed by atoms with Gasteiger partial charge >= 0.3 is 5.00 Å². The van der Waals surface area contributed by atoms with Crippen LogP contribution in [0.1, 0.15) is 24.1 Å². The number of nitro groups is 1. The predicted molar refractivity (Wildman–Crippen MR) is 91.9 cm³/mol. The minimum atomic E-state index is -3.98. The van der Waals surface area contributed by atoms with Gasteiger partial charge in [-0.15, -0.1) is 0 Å². The summed E-state index contributed by atoms with van der Waals surface area (Å²) < 4.78 is 27.6. The number of aryl methyl sites for hydroxylation is 1. The standard InChI is InChI=1S/C16H17ClN2O4S/c1-12-8-10-14(11-9-12)24(22,23)18-15(16(2,17)19(20)21)13-6-4-3-5-7-13/h3-11,15,18H,1-2H3/t15-,16+/m1/s1. The van der Waals surface area contributed by atoms with Crippen LogP contribution in [0, 0.1) is 17.0 Å². The van der Waals surface area contributed by atoms with Crippen molar-refractivity contribution in [3.8, 4) is 0 Å². The highest BCUT2D eigenvalue weighted by atomic mass is 35.5. The Hall–Kier alpha value is -1.96. The number of alkyl halides is 1. The van der Waals surface area contributed by atoms with Gasteiger partial charge < -0.3 is 0 Å². The van der Waals surface area contributed by atoms with Crippen LogP contribution in [0.15, 0.2) is 59.5 Å². The zero-order valence-corrected chi connectivity index (χ0v) is 14.7. The van der Waals surface area contributed by atoms with Crippen LogP contribution in [-0.2, 0) is 10.0 Å². The number of benzene rings is 2. The fraction of sp³-hybridized carbons (Fsp3) is 0.250. The molecule has 24 heavy (non-hydrogen) atoms. The Morgan fingerprint density at radius 1 is 1.12 bits per heavy atom. The fourth-order valence-electron chi connectivity index (χ4n) is 2.17. The third kappa shape index (κ3) is 3.92. The highest BCUT2D eigenvalue weighted by Crippen LogP contribution is 2.33. The summed E-state index contributed by atoms with van der Waals surface area (Å²) in [6.45, 7) is 3.00. The minimum Gasteiger partial charge on any atom is -0.263 e. The summed E-state index contributed by atoms with van der Waals surface area (Å²) in [6.07, 6.45) is 0. The van der Waals surface area contributed by atoms with Crippen LogP contribution in [0.2, 0.25) is 0 Å². The molecule has 0 aliphatic carbocycles. The van der Waals surface area contributed by atoms with Crippen molar-refractivity contribution >= 4 is 21.6 Å². The molecule has 2 atom stereocenters. The maximum atomic E-state index is 12.6. The molecule has 0 aliphatic heterocycles. The van der Waals surface area contributed by atoms with E-state index in [4.69, 9.17) is 11.6 Å². The Labute approximate surface area is 145 Å². The molecule has 0 spiro atoms. The van der Waals surface area contributed by atoms with Crippen molar-refractivity contribution in [2.45, 2.75) is 29.8 Å². The topological polar surface area (TPSA) is 89.3 Å². The summed E-state index contributed by atoms with van der Waals surface area (Å²) in [5.74, 6) is 0. The smallest absolute Gasteiger partial charge is 0.263 e. The van der Waals surface area contributed by atoms with E-state index in [2.05, 4.69) is 4.72 Å². The molecule has 128 valence electrons. The molecule has 0 saturated carbocycles. The molecular formula is C16H17ClN2O4S. The lowest BCUT2D eigenvalue weighted by Gasteiger charge is -2.26. The number of sulfonamides is 1. The van der Waals surface area contributed by atoms with Crippen molar-refractivity contribution in [3.63, 3.8) is 0 Å². The first kappa shape index (κ1) is 18.4. The van der Waals surface area contributed by atoms with Crippen molar-refractivity contribution in [1.29, 1.82) is 0 Å². The van der Waals surface area contributed by atoms with Crippen LogP contribution in [0.4, 0.5) is 0 Å². The van der Waals surface area contributed by atoms with Crippen molar-refractivity contribution in [2.75, 3.05) is 0 Å². The molecule has 8 heteroatoms. The lowest BCUT2D eigenvalue weighted by Crippen LogP contribution is -2.45. The number of nitrogens with one attached hydrogen (secondary N) is 1. The largest absolute Gasteiger partial charge is 0.312 e. The first-order valence-electron chi connectivity index (χ1n) is 7.12. The quantitative estimate of drug-likeness (QED) is 0.367. The Bertz CT molecular complexity index is 821. The number of nitrogens with zero attached hydrogens (tertiary/aromatic N) is 1. The highest BCUT2D eigenvalue weighted by molar-refractivity contribution is 7.89. The number of rotatable bonds is 6. The zero-order chi connectivity index (χ0) is 18.0. The van der Waals surface area contributed by atoms with E-state index in [0.29, 0.717) is 5.56 Å². The molecular weight excluding hydrogens is 352 g/mol. The van der Waals surface area contributed by atoms with Crippen molar-refractivity contribution in [2.24, 2.45) is 0 Å².